The minimum absolute atomic E-state index is 0.0895. The number of hydrogen-bond acceptors (Lipinski definition) is 3. The van der Waals surface area contributed by atoms with Gasteiger partial charge in [-0.05, 0) is 55.8 Å². The number of unbranched alkanes of at least 4 members (excludes halogenated alkanes) is 1. The molecule has 1 aliphatic carbocycles. The molecule has 4 atom stereocenters. The molecule has 1 aliphatic rings. The molecule has 1 N–H and O–H groups in total. The summed E-state index contributed by atoms with van der Waals surface area (Å²) >= 11 is 0. The Morgan fingerprint density at radius 1 is 1.00 bits per heavy atom. The second kappa shape index (κ2) is 11.8. The SMILES string of the molecule is CC(C)CCCCC(CC(C)CC(C)(C)C)OC(=O)C1CCCCC1C(=O)O. The lowest BCUT2D eigenvalue weighted by Crippen LogP contribution is -2.36. The lowest BCUT2D eigenvalue weighted by molar-refractivity contribution is -0.164. The highest BCUT2D eigenvalue weighted by atomic mass is 16.5. The largest absolute Gasteiger partial charge is 0.481 e. The van der Waals surface area contributed by atoms with Gasteiger partial charge in [0.05, 0.1) is 11.8 Å². The van der Waals surface area contributed by atoms with E-state index in [0.717, 1.165) is 44.9 Å². The third-order valence-corrected chi connectivity index (χ3v) is 5.85. The number of esters is 1. The van der Waals surface area contributed by atoms with Gasteiger partial charge < -0.3 is 9.84 Å². The van der Waals surface area contributed by atoms with Gasteiger partial charge >= 0.3 is 11.9 Å². The Bertz CT molecular complexity index is 477. The number of carboxylic acids is 1. The van der Waals surface area contributed by atoms with Gasteiger partial charge in [0.25, 0.3) is 0 Å². The van der Waals surface area contributed by atoms with Crippen molar-refractivity contribution in [1.29, 1.82) is 0 Å². The van der Waals surface area contributed by atoms with Gasteiger partial charge in [-0.2, -0.15) is 0 Å². The number of carbonyl (C=O) groups is 2. The molecular formula is C24H44O4. The Kier molecular flexibility index (Phi) is 10.5. The fourth-order valence-corrected chi connectivity index (χ4v) is 4.69. The first-order chi connectivity index (χ1) is 13.0. The Morgan fingerprint density at radius 2 is 1.57 bits per heavy atom. The standard InChI is InChI=1S/C24H44O4/c1-17(2)11-7-8-12-19(15-18(3)16-24(4,5)6)28-23(27)21-14-10-9-13-20(21)22(25)26/h17-21H,7-16H2,1-6H3,(H,25,26). The molecule has 0 radical (unpaired) electrons. The smallest absolute Gasteiger partial charge is 0.310 e. The topological polar surface area (TPSA) is 63.6 Å². The van der Waals surface area contributed by atoms with E-state index in [9.17, 15) is 14.7 Å². The second-order valence-electron chi connectivity index (χ2n) is 10.7. The third kappa shape index (κ3) is 9.93. The van der Waals surface area contributed by atoms with Gasteiger partial charge in [-0.15, -0.1) is 0 Å². The van der Waals surface area contributed by atoms with Crippen LogP contribution in [-0.2, 0) is 14.3 Å². The Morgan fingerprint density at radius 3 is 2.11 bits per heavy atom. The lowest BCUT2D eigenvalue weighted by atomic mass is 9.79. The first kappa shape index (κ1) is 25.0. The summed E-state index contributed by atoms with van der Waals surface area (Å²) in [6.45, 7) is 13.4. The number of carbonyl (C=O) groups excluding carboxylic acids is 1. The molecule has 4 heteroatoms. The molecule has 4 unspecified atom stereocenters. The van der Waals surface area contributed by atoms with Gasteiger partial charge in [-0.3, -0.25) is 9.59 Å². The van der Waals surface area contributed by atoms with Crippen LogP contribution in [0.15, 0.2) is 0 Å². The molecule has 0 aromatic heterocycles. The summed E-state index contributed by atoms with van der Waals surface area (Å²) in [7, 11) is 0. The quantitative estimate of drug-likeness (QED) is 0.321. The molecule has 1 saturated carbocycles. The predicted octanol–water partition coefficient (Wildman–Crippen LogP) is 6.47. The summed E-state index contributed by atoms with van der Waals surface area (Å²) in [5.74, 6) is -0.999. The average Bonchev–Trinajstić information content (AvgIpc) is 2.56. The molecule has 0 aromatic rings. The minimum atomic E-state index is -0.851. The molecule has 0 spiro atoms. The summed E-state index contributed by atoms with van der Waals surface area (Å²) in [4.78, 5) is 24.4. The van der Waals surface area contributed by atoms with Crippen molar-refractivity contribution in [1.82, 2.24) is 0 Å². The van der Waals surface area contributed by atoms with Gasteiger partial charge in [-0.1, -0.05) is 67.2 Å². The fraction of sp³-hybridized carbons (Fsp3) is 0.917. The number of ether oxygens (including phenoxy) is 1. The molecule has 1 fully saturated rings. The highest BCUT2D eigenvalue weighted by Gasteiger charge is 2.37. The van der Waals surface area contributed by atoms with Gasteiger partial charge in [0.1, 0.15) is 6.10 Å². The molecule has 0 amide bonds. The Labute approximate surface area is 172 Å². The van der Waals surface area contributed by atoms with E-state index < -0.39 is 17.8 Å². The van der Waals surface area contributed by atoms with Crippen molar-refractivity contribution in [2.45, 2.75) is 112 Å². The van der Waals surface area contributed by atoms with E-state index in [-0.39, 0.29) is 17.5 Å². The van der Waals surface area contributed by atoms with E-state index in [1.54, 1.807) is 0 Å². The van der Waals surface area contributed by atoms with Crippen LogP contribution in [0.4, 0.5) is 0 Å². The highest BCUT2D eigenvalue weighted by Crippen LogP contribution is 2.33. The molecule has 4 nitrogen and oxygen atoms in total. The van der Waals surface area contributed by atoms with Crippen molar-refractivity contribution in [3.63, 3.8) is 0 Å². The minimum Gasteiger partial charge on any atom is -0.481 e. The predicted molar refractivity (Wildman–Crippen MR) is 114 cm³/mol. The van der Waals surface area contributed by atoms with Crippen LogP contribution >= 0.6 is 0 Å². The van der Waals surface area contributed by atoms with Crippen molar-refractivity contribution in [2.24, 2.45) is 29.1 Å². The molecule has 0 heterocycles. The van der Waals surface area contributed by atoms with E-state index in [1.165, 1.54) is 6.42 Å². The Balaban J connectivity index is 2.70. The monoisotopic (exact) mass is 396 g/mol. The molecule has 1 rings (SSSR count). The van der Waals surface area contributed by atoms with E-state index in [1.807, 2.05) is 0 Å². The maximum atomic E-state index is 12.8. The molecule has 28 heavy (non-hydrogen) atoms. The van der Waals surface area contributed by atoms with Crippen molar-refractivity contribution in [3.05, 3.63) is 0 Å². The average molecular weight is 397 g/mol. The van der Waals surface area contributed by atoms with Crippen LogP contribution in [0.3, 0.4) is 0 Å². The van der Waals surface area contributed by atoms with Crippen LogP contribution in [0.2, 0.25) is 0 Å². The van der Waals surface area contributed by atoms with Crippen LogP contribution in [-0.4, -0.2) is 23.1 Å². The van der Waals surface area contributed by atoms with Crippen LogP contribution in [0.1, 0.15) is 106 Å². The summed E-state index contributed by atoms with van der Waals surface area (Å²) in [5.41, 5.74) is 0.253. The van der Waals surface area contributed by atoms with E-state index in [2.05, 4.69) is 41.5 Å². The van der Waals surface area contributed by atoms with Gasteiger partial charge in [0.2, 0.25) is 0 Å². The van der Waals surface area contributed by atoms with Gasteiger partial charge in [0, 0.05) is 0 Å². The lowest BCUT2D eigenvalue weighted by Gasteiger charge is -2.30. The van der Waals surface area contributed by atoms with Crippen LogP contribution in [0.25, 0.3) is 0 Å². The normalized spacial score (nSPS) is 22.7. The summed E-state index contributed by atoms with van der Waals surface area (Å²) in [5, 5.41) is 9.48. The summed E-state index contributed by atoms with van der Waals surface area (Å²) < 4.78 is 5.96. The van der Waals surface area contributed by atoms with Crippen molar-refractivity contribution >= 4 is 11.9 Å². The molecular weight excluding hydrogens is 352 g/mol. The van der Waals surface area contributed by atoms with E-state index in [0.29, 0.717) is 24.7 Å². The van der Waals surface area contributed by atoms with Gasteiger partial charge in [0.15, 0.2) is 0 Å². The highest BCUT2D eigenvalue weighted by molar-refractivity contribution is 5.81. The van der Waals surface area contributed by atoms with Crippen molar-refractivity contribution in [2.75, 3.05) is 0 Å². The second-order valence-corrected chi connectivity index (χ2v) is 10.7. The molecule has 0 aromatic carbocycles. The van der Waals surface area contributed by atoms with Crippen molar-refractivity contribution < 1.29 is 19.4 Å². The van der Waals surface area contributed by atoms with E-state index in [4.69, 9.17) is 4.74 Å². The molecule has 0 bridgehead atoms. The van der Waals surface area contributed by atoms with Gasteiger partial charge in [-0.25, -0.2) is 0 Å². The van der Waals surface area contributed by atoms with Crippen LogP contribution < -0.4 is 0 Å². The zero-order valence-corrected chi connectivity index (χ0v) is 19.1. The van der Waals surface area contributed by atoms with Crippen LogP contribution in [0, 0.1) is 29.1 Å². The Hall–Kier alpha value is -1.06. The summed E-state index contributed by atoms with van der Waals surface area (Å²) in [6, 6.07) is 0. The van der Waals surface area contributed by atoms with Crippen molar-refractivity contribution in [3.8, 4) is 0 Å². The first-order valence-electron chi connectivity index (χ1n) is 11.4. The molecule has 164 valence electrons. The fourth-order valence-electron chi connectivity index (χ4n) is 4.69. The van der Waals surface area contributed by atoms with Crippen LogP contribution in [0.5, 0.6) is 0 Å². The number of hydrogen-bond donors (Lipinski definition) is 1. The number of aliphatic carboxylic acids is 1. The zero-order chi connectivity index (χ0) is 21.3. The third-order valence-electron chi connectivity index (χ3n) is 5.85. The number of carboxylic acid groups (broad SMARTS) is 1. The molecule has 0 aliphatic heterocycles. The maximum Gasteiger partial charge on any atom is 0.310 e. The van der Waals surface area contributed by atoms with E-state index >= 15 is 0 Å². The zero-order valence-electron chi connectivity index (χ0n) is 19.1. The molecule has 0 saturated heterocycles. The first-order valence-corrected chi connectivity index (χ1v) is 11.4. The summed E-state index contributed by atoms with van der Waals surface area (Å²) in [6.07, 6.45) is 9.22. The maximum absolute atomic E-state index is 12.8. The number of rotatable bonds is 11.